The highest BCUT2D eigenvalue weighted by molar-refractivity contribution is 7.15. The zero-order valence-corrected chi connectivity index (χ0v) is 15.6. The molecule has 26 heavy (non-hydrogen) atoms. The molecule has 0 aliphatic carbocycles. The molecular weight excluding hydrogens is 354 g/mol. The van der Waals surface area contributed by atoms with Crippen LogP contribution in [0.2, 0.25) is 0 Å². The van der Waals surface area contributed by atoms with Gasteiger partial charge in [-0.15, -0.1) is 0 Å². The summed E-state index contributed by atoms with van der Waals surface area (Å²) in [6.07, 6.45) is 1.98. The lowest BCUT2D eigenvalue weighted by Gasteiger charge is -2.25. The first-order valence-corrected chi connectivity index (χ1v) is 9.60. The number of aryl methyl sites for hydroxylation is 2. The van der Waals surface area contributed by atoms with Crippen molar-refractivity contribution >= 4 is 28.3 Å². The van der Waals surface area contributed by atoms with Crippen LogP contribution in [0.5, 0.6) is 0 Å². The van der Waals surface area contributed by atoms with Crippen molar-refractivity contribution in [1.82, 2.24) is 9.88 Å². The van der Waals surface area contributed by atoms with E-state index in [9.17, 15) is 9.59 Å². The van der Waals surface area contributed by atoms with Crippen LogP contribution in [-0.4, -0.2) is 41.0 Å². The summed E-state index contributed by atoms with van der Waals surface area (Å²) in [5.74, 6) is 1.22. The molecule has 7 nitrogen and oxygen atoms in total. The van der Waals surface area contributed by atoms with Crippen molar-refractivity contribution < 1.29 is 18.7 Å². The number of carbonyl (C=O) groups is 2. The minimum Gasteiger partial charge on any atom is -0.466 e. The van der Waals surface area contributed by atoms with Gasteiger partial charge in [-0.25, -0.2) is 4.98 Å². The van der Waals surface area contributed by atoms with Crippen molar-refractivity contribution in [2.45, 2.75) is 45.8 Å². The minimum atomic E-state index is -0.374. The van der Waals surface area contributed by atoms with E-state index in [1.54, 1.807) is 13.0 Å². The summed E-state index contributed by atoms with van der Waals surface area (Å²) < 4.78 is 10.9. The number of nitrogens with one attached hydrogen (secondary N) is 1. The Morgan fingerprint density at radius 3 is 2.92 bits per heavy atom. The molecule has 0 bridgehead atoms. The zero-order chi connectivity index (χ0) is 18.3. The molecule has 1 N–H and O–H groups in total. The number of thiazole rings is 1. The zero-order valence-electron chi connectivity index (χ0n) is 14.8. The maximum absolute atomic E-state index is 12.8. The van der Waals surface area contributed by atoms with E-state index in [2.05, 4.69) is 10.3 Å². The van der Waals surface area contributed by atoms with Gasteiger partial charge in [0.1, 0.15) is 17.6 Å². The minimum absolute atomic E-state index is 0.0247. The fraction of sp³-hybridized carbons (Fsp3) is 0.500. The predicted octanol–water partition coefficient (Wildman–Crippen LogP) is 2.67. The number of fused-ring (bicyclic) bond motifs is 1. The third-order valence-corrected chi connectivity index (χ3v) is 5.74. The van der Waals surface area contributed by atoms with Gasteiger partial charge >= 0.3 is 0 Å². The van der Waals surface area contributed by atoms with Crippen molar-refractivity contribution in [1.29, 1.82) is 0 Å². The molecule has 0 aromatic carbocycles. The van der Waals surface area contributed by atoms with Crippen molar-refractivity contribution in [3.05, 3.63) is 33.7 Å². The molecule has 0 unspecified atom stereocenters. The van der Waals surface area contributed by atoms with Crippen molar-refractivity contribution in [3.63, 3.8) is 0 Å². The number of hydrogen-bond donors (Lipinski definition) is 1. The summed E-state index contributed by atoms with van der Waals surface area (Å²) in [6.45, 7) is 5.39. The second-order valence-corrected chi connectivity index (χ2v) is 7.77. The molecule has 0 spiro atoms. The van der Waals surface area contributed by atoms with E-state index in [0.29, 0.717) is 42.6 Å². The lowest BCUT2D eigenvalue weighted by molar-refractivity contribution is -0.124. The molecule has 8 heteroatoms. The molecule has 0 saturated carbocycles. The normalized spacial score (nSPS) is 19.5. The number of furan rings is 1. The summed E-state index contributed by atoms with van der Waals surface area (Å²) in [7, 11) is 0. The molecule has 4 rings (SSSR count). The molecular formula is C18H21N3O4S. The van der Waals surface area contributed by atoms with Crippen LogP contribution in [0.3, 0.4) is 0 Å². The first-order valence-electron chi connectivity index (χ1n) is 8.78. The van der Waals surface area contributed by atoms with Crippen molar-refractivity contribution in [2.24, 2.45) is 0 Å². The van der Waals surface area contributed by atoms with Crippen LogP contribution in [0.4, 0.5) is 5.13 Å². The SMILES string of the molecule is Cc1cc(C(=O)N2CCc3nc(NC(=O)[C@@H]4CCCO4)sc3C2)c(C)o1. The van der Waals surface area contributed by atoms with Gasteiger partial charge in [-0.1, -0.05) is 11.3 Å². The van der Waals surface area contributed by atoms with E-state index >= 15 is 0 Å². The van der Waals surface area contributed by atoms with Gasteiger partial charge in [0.2, 0.25) is 0 Å². The highest BCUT2D eigenvalue weighted by Crippen LogP contribution is 2.30. The molecule has 1 fully saturated rings. The second kappa shape index (κ2) is 6.85. The molecule has 2 aromatic heterocycles. The van der Waals surface area contributed by atoms with E-state index in [1.165, 1.54) is 11.3 Å². The lowest BCUT2D eigenvalue weighted by atomic mass is 10.1. The Morgan fingerprint density at radius 1 is 1.38 bits per heavy atom. The van der Waals surface area contributed by atoms with Gasteiger partial charge in [0.25, 0.3) is 11.8 Å². The van der Waals surface area contributed by atoms with E-state index in [-0.39, 0.29) is 17.9 Å². The smallest absolute Gasteiger partial charge is 0.257 e. The maximum atomic E-state index is 12.8. The van der Waals surface area contributed by atoms with E-state index in [4.69, 9.17) is 9.15 Å². The van der Waals surface area contributed by atoms with Crippen LogP contribution >= 0.6 is 11.3 Å². The number of hydrogen-bond acceptors (Lipinski definition) is 6. The summed E-state index contributed by atoms with van der Waals surface area (Å²) in [5, 5.41) is 3.44. The predicted molar refractivity (Wildman–Crippen MR) is 96.3 cm³/mol. The molecule has 1 atom stereocenters. The van der Waals surface area contributed by atoms with Crippen LogP contribution in [0, 0.1) is 13.8 Å². The highest BCUT2D eigenvalue weighted by Gasteiger charge is 2.28. The molecule has 0 radical (unpaired) electrons. The van der Waals surface area contributed by atoms with E-state index in [0.717, 1.165) is 29.2 Å². The monoisotopic (exact) mass is 375 g/mol. The molecule has 2 amide bonds. The highest BCUT2D eigenvalue weighted by atomic mass is 32.1. The molecule has 2 aliphatic heterocycles. The van der Waals surface area contributed by atoms with Gasteiger partial charge in [-0.05, 0) is 32.8 Å². The number of nitrogens with zero attached hydrogens (tertiary/aromatic N) is 2. The third kappa shape index (κ3) is 3.26. The standard InChI is InChI=1S/C18H21N3O4S/c1-10-8-12(11(2)25-10)17(23)21-6-5-13-15(9-21)26-18(19-13)20-16(22)14-4-3-7-24-14/h8,14H,3-7,9H2,1-2H3,(H,19,20,22)/t14-/m0/s1. The van der Waals surface area contributed by atoms with E-state index in [1.807, 2.05) is 11.8 Å². The first kappa shape index (κ1) is 17.2. The average molecular weight is 375 g/mol. The molecule has 4 heterocycles. The summed E-state index contributed by atoms with van der Waals surface area (Å²) >= 11 is 1.43. The number of anilines is 1. The van der Waals surface area contributed by atoms with Crippen molar-refractivity contribution in [3.8, 4) is 0 Å². The Kier molecular flexibility index (Phi) is 4.54. The van der Waals surface area contributed by atoms with Crippen LogP contribution in [-0.2, 0) is 22.5 Å². The number of aromatic nitrogens is 1. The van der Waals surface area contributed by atoms with Gasteiger partial charge in [0.15, 0.2) is 5.13 Å². The Labute approximate surface area is 155 Å². The Bertz CT molecular complexity index is 851. The molecule has 2 aromatic rings. The fourth-order valence-corrected chi connectivity index (χ4v) is 4.43. The number of amides is 2. The Morgan fingerprint density at radius 2 is 2.23 bits per heavy atom. The van der Waals surface area contributed by atoms with Crippen molar-refractivity contribution in [2.75, 3.05) is 18.5 Å². The van der Waals surface area contributed by atoms with Gasteiger partial charge < -0.3 is 14.1 Å². The molecule has 2 aliphatic rings. The second-order valence-electron chi connectivity index (χ2n) is 6.68. The van der Waals surface area contributed by atoms with Crippen LogP contribution < -0.4 is 5.32 Å². The average Bonchev–Trinajstić information content (AvgIpc) is 3.32. The summed E-state index contributed by atoms with van der Waals surface area (Å²) in [5.41, 5.74) is 1.57. The topological polar surface area (TPSA) is 84.7 Å². The van der Waals surface area contributed by atoms with Gasteiger partial charge in [0, 0.05) is 24.4 Å². The van der Waals surface area contributed by atoms with Crippen LogP contribution in [0.15, 0.2) is 10.5 Å². The Balaban J connectivity index is 1.45. The number of carbonyl (C=O) groups excluding carboxylic acids is 2. The largest absolute Gasteiger partial charge is 0.466 e. The number of rotatable bonds is 3. The first-order chi connectivity index (χ1) is 12.5. The van der Waals surface area contributed by atoms with Gasteiger partial charge in [-0.2, -0.15) is 0 Å². The lowest BCUT2D eigenvalue weighted by Crippen LogP contribution is -2.35. The fourth-order valence-electron chi connectivity index (χ4n) is 3.41. The quantitative estimate of drug-likeness (QED) is 0.892. The summed E-state index contributed by atoms with van der Waals surface area (Å²) in [4.78, 5) is 32.3. The summed E-state index contributed by atoms with van der Waals surface area (Å²) in [6, 6.07) is 1.78. The van der Waals surface area contributed by atoms with Gasteiger partial charge in [0.05, 0.1) is 17.8 Å². The maximum Gasteiger partial charge on any atom is 0.257 e. The Hall–Kier alpha value is -2.19. The van der Waals surface area contributed by atoms with Crippen LogP contribution in [0.1, 0.15) is 45.3 Å². The van der Waals surface area contributed by atoms with Crippen LogP contribution in [0.25, 0.3) is 0 Å². The molecule has 1 saturated heterocycles. The number of ether oxygens (including phenoxy) is 1. The third-order valence-electron chi connectivity index (χ3n) is 4.74. The molecule has 138 valence electrons. The van der Waals surface area contributed by atoms with Gasteiger partial charge in [-0.3, -0.25) is 14.9 Å². The van der Waals surface area contributed by atoms with E-state index < -0.39 is 0 Å².